The van der Waals surface area contributed by atoms with Crippen LogP contribution in [0.3, 0.4) is 0 Å². The maximum Gasteiger partial charge on any atom is 0.572 e. The van der Waals surface area contributed by atoms with Gasteiger partial charge in [0.15, 0.2) is 0 Å². The molecule has 192 valence electrons. The van der Waals surface area contributed by atoms with Crippen LogP contribution in [-0.2, 0) is 14.3 Å². The van der Waals surface area contributed by atoms with Crippen LogP contribution in [0.1, 0.15) is 47.0 Å². The zero-order valence-corrected chi connectivity index (χ0v) is 20.6. The zero-order chi connectivity index (χ0) is 26.4. The Bertz CT molecular complexity index is 559. The molecule has 6 nitrogen and oxygen atoms in total. The van der Waals surface area contributed by atoms with Crippen LogP contribution in [0.25, 0.3) is 0 Å². The molecule has 0 rings (SSSR count). The molecule has 2 amide bonds. The van der Waals surface area contributed by atoms with E-state index in [0.717, 1.165) is 31.6 Å². The van der Waals surface area contributed by atoms with Crippen molar-refractivity contribution in [1.29, 1.82) is 0 Å². The van der Waals surface area contributed by atoms with Crippen molar-refractivity contribution in [3.8, 4) is 0 Å². The van der Waals surface area contributed by atoms with Gasteiger partial charge in [-0.05, 0) is 44.9 Å². The molecule has 0 heterocycles. The second-order valence-electron chi connectivity index (χ2n) is 5.57. The smallest absolute Gasteiger partial charge is 0.414 e. The third-order valence-corrected chi connectivity index (χ3v) is 2.98. The summed E-state index contributed by atoms with van der Waals surface area (Å²) in [4.78, 5) is 20.0. The Kier molecular flexibility index (Phi) is 35.7. The van der Waals surface area contributed by atoms with E-state index >= 15 is 0 Å². The van der Waals surface area contributed by atoms with Crippen LogP contribution in [0.4, 0.5) is 13.2 Å². The summed E-state index contributed by atoms with van der Waals surface area (Å²) in [6.45, 7) is 17.3. The molecule has 0 radical (unpaired) electrons. The summed E-state index contributed by atoms with van der Waals surface area (Å²) < 4.78 is 38.1. The van der Waals surface area contributed by atoms with E-state index in [-0.39, 0.29) is 5.91 Å². The molecule has 0 aromatic rings. The average molecular weight is 478 g/mol. The number of halogens is 3. The van der Waals surface area contributed by atoms with Crippen molar-refractivity contribution in [3.05, 3.63) is 61.4 Å². The molecular weight excluding hydrogens is 435 g/mol. The van der Waals surface area contributed by atoms with Crippen molar-refractivity contribution in [2.24, 2.45) is 0 Å². The van der Waals surface area contributed by atoms with E-state index in [0.29, 0.717) is 25.5 Å². The van der Waals surface area contributed by atoms with E-state index in [9.17, 15) is 18.0 Å². The lowest BCUT2D eigenvalue weighted by Crippen LogP contribution is -2.24. The van der Waals surface area contributed by atoms with Gasteiger partial charge < -0.3 is 20.7 Å². The molecule has 0 bridgehead atoms. The third kappa shape index (κ3) is 43.8. The van der Waals surface area contributed by atoms with Gasteiger partial charge in [-0.25, -0.2) is 0 Å². The van der Waals surface area contributed by atoms with Crippen molar-refractivity contribution in [2.45, 2.75) is 53.3 Å². The number of hydrogen-bond donors (Lipinski definition) is 3. The fraction of sp³-hybridized carbons (Fsp3) is 0.500. The highest BCUT2D eigenvalue weighted by Crippen LogP contribution is 2.16. The van der Waals surface area contributed by atoms with Gasteiger partial charge in [-0.2, -0.15) is 0 Å². The molecule has 0 aromatic heterocycles. The van der Waals surface area contributed by atoms with Gasteiger partial charge >= 0.3 is 6.36 Å². The Balaban J connectivity index is -0.000000208. The number of alkyl halides is 3. The first-order valence-electron chi connectivity index (χ1n) is 10.7. The molecular formula is C24H42F3N3O3. The molecule has 0 aliphatic carbocycles. The molecule has 0 fully saturated rings. The summed E-state index contributed by atoms with van der Waals surface area (Å²) in [5.41, 5.74) is 0.815. The third-order valence-electron chi connectivity index (χ3n) is 2.98. The fourth-order valence-electron chi connectivity index (χ4n) is 1.62. The Morgan fingerprint density at radius 3 is 2.21 bits per heavy atom. The summed E-state index contributed by atoms with van der Waals surface area (Å²) in [6, 6.07) is 0. The lowest BCUT2D eigenvalue weighted by atomic mass is 10.1. The maximum atomic E-state index is 11.5. The fourth-order valence-corrected chi connectivity index (χ4v) is 1.62. The number of allylic oxidation sites excluding steroid dienone is 6. The van der Waals surface area contributed by atoms with E-state index in [2.05, 4.69) is 33.8 Å². The van der Waals surface area contributed by atoms with Gasteiger partial charge in [-0.1, -0.05) is 50.8 Å². The summed E-state index contributed by atoms with van der Waals surface area (Å²) in [6.07, 6.45) is 8.56. The molecule has 0 aromatic carbocycles. The molecule has 0 unspecified atom stereocenters. The Labute approximate surface area is 197 Å². The predicted molar refractivity (Wildman–Crippen MR) is 131 cm³/mol. The minimum Gasteiger partial charge on any atom is -0.414 e. The topological polar surface area (TPSA) is 79.5 Å². The molecule has 0 spiro atoms. The highest BCUT2D eigenvalue weighted by atomic mass is 19.4. The molecule has 9 heteroatoms. The number of amides is 2. The monoisotopic (exact) mass is 477 g/mol. The van der Waals surface area contributed by atoms with Crippen molar-refractivity contribution in [3.63, 3.8) is 0 Å². The second kappa shape index (κ2) is 31.4. The van der Waals surface area contributed by atoms with Gasteiger partial charge in [-0.15, -0.1) is 19.8 Å². The van der Waals surface area contributed by atoms with Crippen LogP contribution >= 0.6 is 0 Å². The van der Waals surface area contributed by atoms with Crippen molar-refractivity contribution < 1.29 is 27.5 Å². The summed E-state index contributed by atoms with van der Waals surface area (Å²) in [5.74, 6) is 0.137. The highest BCUT2D eigenvalue weighted by molar-refractivity contribution is 5.75. The van der Waals surface area contributed by atoms with Crippen LogP contribution in [0.15, 0.2) is 61.4 Å². The number of ether oxygens (including phenoxy) is 1. The van der Waals surface area contributed by atoms with Gasteiger partial charge in [0.05, 0.1) is 6.26 Å². The second-order valence-corrected chi connectivity index (χ2v) is 5.57. The van der Waals surface area contributed by atoms with Crippen LogP contribution in [0.2, 0.25) is 0 Å². The van der Waals surface area contributed by atoms with Gasteiger partial charge in [0.1, 0.15) is 0 Å². The van der Waals surface area contributed by atoms with Crippen LogP contribution in [0, 0.1) is 0 Å². The molecule has 0 aliphatic heterocycles. The number of hydrogen-bond acceptors (Lipinski definition) is 4. The predicted octanol–water partition coefficient (Wildman–Crippen LogP) is 5.18. The largest absolute Gasteiger partial charge is 0.572 e. The lowest BCUT2D eigenvalue weighted by molar-refractivity contribution is -0.298. The van der Waals surface area contributed by atoms with E-state index in [1.165, 1.54) is 12.2 Å². The van der Waals surface area contributed by atoms with E-state index in [1.807, 2.05) is 45.9 Å². The Hall–Kier alpha value is -2.81. The number of carbonyl (C=O) groups is 2. The average Bonchev–Trinajstić information content (AvgIpc) is 2.80. The molecule has 0 aliphatic rings. The summed E-state index contributed by atoms with van der Waals surface area (Å²) in [5, 5.41) is 8.13. The van der Waals surface area contributed by atoms with Crippen molar-refractivity contribution in [2.75, 3.05) is 26.7 Å². The molecule has 3 N–H and O–H groups in total. The summed E-state index contributed by atoms with van der Waals surface area (Å²) >= 11 is 0. The molecule has 0 saturated heterocycles. The minimum atomic E-state index is -4.62. The van der Waals surface area contributed by atoms with E-state index in [1.54, 1.807) is 13.1 Å². The molecule has 33 heavy (non-hydrogen) atoms. The molecule has 0 saturated carbocycles. The Morgan fingerprint density at radius 1 is 1.18 bits per heavy atom. The normalized spacial score (nSPS) is 10.5. The minimum absolute atomic E-state index is 0.137. The van der Waals surface area contributed by atoms with Crippen LogP contribution < -0.4 is 16.0 Å². The summed E-state index contributed by atoms with van der Waals surface area (Å²) in [7, 11) is 1.56. The first kappa shape index (κ1) is 37.5. The van der Waals surface area contributed by atoms with Crippen LogP contribution in [0.5, 0.6) is 0 Å². The number of rotatable bonds is 13. The number of nitrogens with one attached hydrogen (secondary N) is 3. The van der Waals surface area contributed by atoms with Gasteiger partial charge in [0.2, 0.25) is 12.3 Å². The van der Waals surface area contributed by atoms with Crippen molar-refractivity contribution >= 4 is 12.3 Å². The van der Waals surface area contributed by atoms with Gasteiger partial charge in [0, 0.05) is 26.6 Å². The van der Waals surface area contributed by atoms with Gasteiger partial charge in [0.25, 0.3) is 0 Å². The van der Waals surface area contributed by atoms with Gasteiger partial charge in [-0.3, -0.25) is 9.59 Å². The zero-order valence-electron chi connectivity index (χ0n) is 20.6. The first-order valence-corrected chi connectivity index (χ1v) is 10.7. The SMILES string of the molecule is C=C/C(=C\C=C\OC(F)(F)F)C/C=C/C.C=CCNCCCC(=O)NCC.CC.CNC=O. The quantitative estimate of drug-likeness (QED) is 0.112. The Morgan fingerprint density at radius 2 is 1.79 bits per heavy atom. The maximum absolute atomic E-state index is 11.5. The lowest BCUT2D eigenvalue weighted by Gasteiger charge is -2.02. The number of carbonyl (C=O) groups excluding carboxylic acids is 2. The van der Waals surface area contributed by atoms with E-state index in [4.69, 9.17) is 4.79 Å². The van der Waals surface area contributed by atoms with Crippen molar-refractivity contribution in [1.82, 2.24) is 16.0 Å². The molecule has 0 atom stereocenters. The van der Waals surface area contributed by atoms with E-state index < -0.39 is 6.36 Å². The first-order chi connectivity index (χ1) is 15.7. The van der Waals surface area contributed by atoms with Crippen LogP contribution in [-0.4, -0.2) is 45.4 Å². The standard InChI is InChI=1S/C11H13F3O.C9H18N2O.C2H5NO.C2H6/c1-3-5-7-10(4-2)8-6-9-15-11(12,13)14;1-3-7-10-8-5-6-9(12)11-4-2;1-3-2-4;1-2/h3-6,8-9H,2,7H2,1H3;3,10H,1,4-8H2,2H3,(H,11,12);2H,1H3,(H,3,4);1-2H3/b5-3+,9-6+,10-8+;;;. The highest BCUT2D eigenvalue weighted by Gasteiger charge is 2.28.